The van der Waals surface area contributed by atoms with Crippen molar-refractivity contribution in [3.8, 4) is 10.4 Å². The zero-order valence-corrected chi connectivity index (χ0v) is 22.7. The molecule has 0 spiro atoms. The lowest BCUT2D eigenvalue weighted by molar-refractivity contribution is -0.198. The molecule has 2 aliphatic rings. The van der Waals surface area contributed by atoms with E-state index in [2.05, 4.69) is 15.3 Å². The Morgan fingerprint density at radius 3 is 2.45 bits per heavy atom. The molecule has 2 fully saturated rings. The first-order valence-electron chi connectivity index (χ1n) is 12.6. The Labute approximate surface area is 230 Å². The molecule has 1 aliphatic heterocycles. The minimum Gasteiger partial charge on any atom is -0.389 e. The maximum atomic E-state index is 14.3. The van der Waals surface area contributed by atoms with Gasteiger partial charge < -0.3 is 10.4 Å². The Morgan fingerprint density at radius 2 is 1.93 bits per heavy atom. The summed E-state index contributed by atoms with van der Waals surface area (Å²) in [6, 6.07) is 0.485. The van der Waals surface area contributed by atoms with Gasteiger partial charge in [-0.15, -0.1) is 11.3 Å². The number of thiazole rings is 1. The van der Waals surface area contributed by atoms with Gasteiger partial charge in [0.1, 0.15) is 11.4 Å². The minimum atomic E-state index is -4.97. The highest BCUT2D eigenvalue weighted by Crippen LogP contribution is 2.49. The summed E-state index contributed by atoms with van der Waals surface area (Å²) >= 11 is 0.642. The van der Waals surface area contributed by atoms with Crippen molar-refractivity contribution in [1.82, 2.24) is 20.2 Å². The van der Waals surface area contributed by atoms with Crippen LogP contribution in [0, 0.1) is 0 Å². The molecule has 220 valence electrons. The van der Waals surface area contributed by atoms with Gasteiger partial charge in [0.05, 0.1) is 21.7 Å². The summed E-state index contributed by atoms with van der Waals surface area (Å²) in [6.45, 7) is 5.79. The molecule has 2 aromatic rings. The highest BCUT2D eigenvalue weighted by molar-refractivity contribution is 7.17. The molecule has 1 unspecified atom stereocenters. The van der Waals surface area contributed by atoms with Crippen LogP contribution in [0.25, 0.3) is 10.4 Å². The number of halogens is 6. The van der Waals surface area contributed by atoms with Crippen molar-refractivity contribution in [2.45, 2.75) is 81.9 Å². The second-order valence-corrected chi connectivity index (χ2v) is 12.0. The van der Waals surface area contributed by atoms with Gasteiger partial charge in [0, 0.05) is 36.8 Å². The van der Waals surface area contributed by atoms with Gasteiger partial charge in [0.15, 0.2) is 5.01 Å². The average molecular weight is 594 g/mol. The molecule has 1 saturated heterocycles. The van der Waals surface area contributed by atoms with E-state index in [9.17, 15) is 41.0 Å². The number of carbonyl (C=O) groups excluding carboxylic acids is 2. The Balaban J connectivity index is 1.78. The summed E-state index contributed by atoms with van der Waals surface area (Å²) in [5, 5.41) is 14.1. The summed E-state index contributed by atoms with van der Waals surface area (Å²) < 4.78 is 83.9. The predicted octanol–water partition coefficient (Wildman–Crippen LogP) is 4.96. The summed E-state index contributed by atoms with van der Waals surface area (Å²) in [7, 11) is 0. The van der Waals surface area contributed by atoms with E-state index in [1.54, 1.807) is 13.8 Å². The van der Waals surface area contributed by atoms with E-state index in [0.29, 0.717) is 36.9 Å². The fraction of sp³-hybridized carbons (Fsp3) is 0.600. The van der Waals surface area contributed by atoms with E-state index in [1.165, 1.54) is 0 Å². The van der Waals surface area contributed by atoms with Crippen molar-refractivity contribution in [1.29, 1.82) is 0 Å². The van der Waals surface area contributed by atoms with Crippen molar-refractivity contribution in [3.05, 3.63) is 28.5 Å². The van der Waals surface area contributed by atoms with E-state index in [-0.39, 0.29) is 47.3 Å². The second-order valence-electron chi connectivity index (χ2n) is 11.0. The number of aliphatic hydroxyl groups is 1. The highest BCUT2D eigenvalue weighted by Gasteiger charge is 2.58. The third-order valence-corrected chi connectivity index (χ3v) is 8.39. The van der Waals surface area contributed by atoms with E-state index < -0.39 is 52.3 Å². The summed E-state index contributed by atoms with van der Waals surface area (Å²) in [5.41, 5.74) is -4.85. The van der Waals surface area contributed by atoms with E-state index >= 15 is 0 Å². The number of hydrogen-bond acceptors (Lipinski definition) is 8. The maximum Gasteiger partial charge on any atom is 0.417 e. The Kier molecular flexibility index (Phi) is 7.97. The molecule has 4 rings (SSSR count). The molecule has 2 atom stereocenters. The van der Waals surface area contributed by atoms with Crippen LogP contribution in [0.2, 0.25) is 0 Å². The third kappa shape index (κ3) is 6.10. The predicted molar refractivity (Wildman–Crippen MR) is 135 cm³/mol. The van der Waals surface area contributed by atoms with Crippen molar-refractivity contribution < 1.29 is 41.0 Å². The van der Waals surface area contributed by atoms with Gasteiger partial charge in [0.2, 0.25) is 6.41 Å². The number of hydrogen-bond donors (Lipinski definition) is 3. The first kappa shape index (κ1) is 30.2. The largest absolute Gasteiger partial charge is 0.417 e. The molecule has 3 heterocycles. The monoisotopic (exact) mass is 593 g/mol. The number of nitrogens with one attached hydrogen (secondary N) is 2. The van der Waals surface area contributed by atoms with Gasteiger partial charge in [-0.1, -0.05) is 0 Å². The second kappa shape index (κ2) is 10.6. The number of β-amino-alcohol motifs (C(OH)–C–C–N with tert-alkyl or cyclic N) is 1. The highest BCUT2D eigenvalue weighted by atomic mass is 32.1. The summed E-state index contributed by atoms with van der Waals surface area (Å²) in [5.74, 6) is -1.89. The van der Waals surface area contributed by atoms with Crippen LogP contribution in [0.4, 0.5) is 32.2 Å². The molecular weight excluding hydrogens is 564 g/mol. The quantitative estimate of drug-likeness (QED) is 0.294. The summed E-state index contributed by atoms with van der Waals surface area (Å²) in [6.07, 6.45) is -8.49. The van der Waals surface area contributed by atoms with Crippen LogP contribution in [-0.4, -0.2) is 68.7 Å². The van der Waals surface area contributed by atoms with Gasteiger partial charge in [-0.3, -0.25) is 19.8 Å². The van der Waals surface area contributed by atoms with Crippen molar-refractivity contribution >= 4 is 29.5 Å². The molecule has 0 radical (unpaired) electrons. The first-order chi connectivity index (χ1) is 18.4. The number of imide groups is 1. The SMILES string of the molecule is C[C@H]1CC(c2nc(C(=O)NC=O)sc2-c2cnc(NC3(C(F)(F)F)CCC3)cc2C(F)(F)F)CN1CC(C)(C)O. The van der Waals surface area contributed by atoms with Gasteiger partial charge in [0.25, 0.3) is 5.91 Å². The molecule has 2 aromatic heterocycles. The smallest absolute Gasteiger partial charge is 0.389 e. The number of carbonyl (C=O) groups is 2. The number of pyridine rings is 1. The fourth-order valence-electron chi connectivity index (χ4n) is 5.22. The van der Waals surface area contributed by atoms with Gasteiger partial charge >= 0.3 is 12.4 Å². The molecule has 0 aromatic carbocycles. The fourth-order valence-corrected chi connectivity index (χ4v) is 6.30. The van der Waals surface area contributed by atoms with Crippen LogP contribution in [0.15, 0.2) is 12.3 Å². The Hall–Kier alpha value is -2.78. The molecule has 3 N–H and O–H groups in total. The van der Waals surface area contributed by atoms with Crippen molar-refractivity contribution in [2.24, 2.45) is 0 Å². The number of nitrogens with zero attached hydrogens (tertiary/aromatic N) is 3. The molecule has 0 bridgehead atoms. The van der Waals surface area contributed by atoms with E-state index in [0.717, 1.165) is 6.20 Å². The molecule has 8 nitrogen and oxygen atoms in total. The van der Waals surface area contributed by atoms with Gasteiger partial charge in [-0.05, 0) is 52.5 Å². The van der Waals surface area contributed by atoms with Crippen LogP contribution in [-0.2, 0) is 11.0 Å². The normalized spacial score (nSPS) is 21.6. The lowest BCUT2D eigenvalue weighted by Gasteiger charge is -2.44. The number of alkyl halides is 6. The van der Waals surface area contributed by atoms with Crippen molar-refractivity contribution in [2.75, 3.05) is 18.4 Å². The van der Waals surface area contributed by atoms with Crippen LogP contribution < -0.4 is 10.6 Å². The molecule has 1 saturated carbocycles. The van der Waals surface area contributed by atoms with Crippen LogP contribution >= 0.6 is 11.3 Å². The first-order valence-corrected chi connectivity index (χ1v) is 13.4. The summed E-state index contributed by atoms with van der Waals surface area (Å²) in [4.78, 5) is 33.4. The average Bonchev–Trinajstić information content (AvgIpc) is 3.38. The van der Waals surface area contributed by atoms with E-state index in [1.807, 2.05) is 17.1 Å². The topological polar surface area (TPSA) is 107 Å². The Bertz CT molecular complexity index is 1270. The minimum absolute atomic E-state index is 0.0149. The molecule has 40 heavy (non-hydrogen) atoms. The number of rotatable bonds is 8. The standard InChI is InChI=1S/C25H29F6N5O3S/c1-13-7-14(10-36(13)11-22(2,3)39)18-19(40-21(34-18)20(38)33-12-37)15-9-32-17(8-16(15)24(26,27)28)35-23(5-4-6-23)25(29,30)31/h8-9,12-14,39H,4-7,10-11H2,1-3H3,(H,32,35)(H,33,37,38)/t13-,14?/m0/s1. The maximum absolute atomic E-state index is 14.3. The van der Waals surface area contributed by atoms with Gasteiger partial charge in [-0.25, -0.2) is 9.97 Å². The molecule has 15 heteroatoms. The van der Waals surface area contributed by atoms with Crippen molar-refractivity contribution in [3.63, 3.8) is 0 Å². The zero-order valence-electron chi connectivity index (χ0n) is 21.9. The molecular formula is C25H29F6N5O3S. The number of anilines is 1. The van der Waals surface area contributed by atoms with E-state index in [4.69, 9.17) is 0 Å². The number of amides is 2. The van der Waals surface area contributed by atoms with Crippen LogP contribution in [0.1, 0.15) is 73.4 Å². The third-order valence-electron chi connectivity index (χ3n) is 7.29. The lowest BCUT2D eigenvalue weighted by atomic mass is 9.76. The van der Waals surface area contributed by atoms with Crippen LogP contribution in [0.3, 0.4) is 0 Å². The lowest BCUT2D eigenvalue weighted by Crippen LogP contribution is -2.57. The molecule has 1 aliphatic carbocycles. The van der Waals surface area contributed by atoms with Gasteiger partial charge in [-0.2, -0.15) is 26.3 Å². The van der Waals surface area contributed by atoms with Crippen LogP contribution in [0.5, 0.6) is 0 Å². The number of aromatic nitrogens is 2. The zero-order chi connectivity index (χ0) is 29.7. The Morgan fingerprint density at radius 1 is 1.25 bits per heavy atom. The molecule has 2 amide bonds. The number of likely N-dealkylation sites (tertiary alicyclic amines) is 1.